The Morgan fingerprint density at radius 1 is 1.41 bits per heavy atom. The summed E-state index contributed by atoms with van der Waals surface area (Å²) in [6.45, 7) is 1.61. The fraction of sp³-hybridized carbons (Fsp3) is 0.778. The van der Waals surface area contributed by atoms with Crippen LogP contribution in [-0.4, -0.2) is 49.5 Å². The first-order valence-electron chi connectivity index (χ1n) is 5.14. The molecular weight excluding hydrogens is 248 g/mol. The molecule has 0 bridgehead atoms. The summed E-state index contributed by atoms with van der Waals surface area (Å²) in [5.41, 5.74) is 5.46. The van der Waals surface area contributed by atoms with Gasteiger partial charge < -0.3 is 16.2 Å². The van der Waals surface area contributed by atoms with Crippen LogP contribution in [0.3, 0.4) is 0 Å². The van der Waals surface area contributed by atoms with E-state index in [1.807, 2.05) is 0 Å². The maximum atomic E-state index is 11.4. The van der Waals surface area contributed by atoms with E-state index in [1.54, 1.807) is 6.92 Å². The Morgan fingerprint density at radius 2 is 1.94 bits per heavy atom. The molecule has 0 aliphatic heterocycles. The number of nitrogens with one attached hydrogen (secondary N) is 1. The monoisotopic (exact) mass is 266 g/mol. The normalized spacial score (nSPS) is 15.0. The quantitative estimate of drug-likeness (QED) is 0.527. The third-order valence-electron chi connectivity index (χ3n) is 2.16. The largest absolute Gasteiger partial charge is 0.480 e. The van der Waals surface area contributed by atoms with Crippen LogP contribution in [0, 0.1) is 0 Å². The number of carbonyl (C=O) groups excluding carboxylic acids is 1. The summed E-state index contributed by atoms with van der Waals surface area (Å²) in [4.78, 5) is 22.1. The van der Waals surface area contributed by atoms with E-state index in [2.05, 4.69) is 5.32 Å². The highest BCUT2D eigenvalue weighted by Crippen LogP contribution is 1.97. The van der Waals surface area contributed by atoms with Crippen LogP contribution in [-0.2, 0) is 19.4 Å². The van der Waals surface area contributed by atoms with Crippen LogP contribution in [0.1, 0.15) is 19.8 Å². The molecular formula is C9H18N2O5S. The predicted molar refractivity (Wildman–Crippen MR) is 62.2 cm³/mol. The van der Waals surface area contributed by atoms with Crippen molar-refractivity contribution >= 4 is 21.7 Å². The Labute approximate surface area is 100 Å². The fourth-order valence-electron chi connectivity index (χ4n) is 1.09. The molecule has 0 spiro atoms. The first-order valence-corrected chi connectivity index (χ1v) is 7.20. The van der Waals surface area contributed by atoms with E-state index >= 15 is 0 Å². The zero-order valence-corrected chi connectivity index (χ0v) is 10.7. The Balaban J connectivity index is 4.27. The number of hydrogen-bond donors (Lipinski definition) is 3. The number of amides is 1. The number of carbonyl (C=O) groups is 2. The van der Waals surface area contributed by atoms with Gasteiger partial charge in [0.05, 0.1) is 11.8 Å². The second kappa shape index (κ2) is 6.55. The number of aliphatic carboxylic acids is 1. The van der Waals surface area contributed by atoms with Crippen molar-refractivity contribution in [3.05, 3.63) is 0 Å². The summed E-state index contributed by atoms with van der Waals surface area (Å²) >= 11 is 0. The van der Waals surface area contributed by atoms with Gasteiger partial charge in [0.15, 0.2) is 0 Å². The van der Waals surface area contributed by atoms with Crippen LogP contribution in [0.5, 0.6) is 0 Å². The minimum absolute atomic E-state index is 0.0271. The van der Waals surface area contributed by atoms with Crippen molar-refractivity contribution < 1.29 is 23.1 Å². The molecule has 0 aromatic heterocycles. The lowest BCUT2D eigenvalue weighted by molar-refractivity contribution is -0.142. The highest BCUT2D eigenvalue weighted by atomic mass is 32.2. The van der Waals surface area contributed by atoms with Crippen LogP contribution in [0.25, 0.3) is 0 Å². The van der Waals surface area contributed by atoms with E-state index in [0.717, 1.165) is 6.26 Å². The van der Waals surface area contributed by atoms with Crippen LogP contribution in [0.4, 0.5) is 0 Å². The molecule has 7 nitrogen and oxygen atoms in total. The smallest absolute Gasteiger partial charge is 0.326 e. The van der Waals surface area contributed by atoms with E-state index in [4.69, 9.17) is 10.8 Å². The van der Waals surface area contributed by atoms with Gasteiger partial charge in [-0.05, 0) is 12.8 Å². The van der Waals surface area contributed by atoms with Gasteiger partial charge in [-0.3, -0.25) is 4.79 Å². The Morgan fingerprint density at radius 3 is 2.29 bits per heavy atom. The molecule has 0 aliphatic carbocycles. The van der Waals surface area contributed by atoms with E-state index in [1.165, 1.54) is 0 Å². The number of sulfone groups is 1. The standard InChI is InChI=1S/C9H18N2O5S/c1-3-7(9(13)14)11-8(12)6(10)4-5-17(2,15)16/h6-7H,3-5,10H2,1-2H3,(H,11,12)(H,13,14). The minimum atomic E-state index is -3.18. The summed E-state index contributed by atoms with van der Waals surface area (Å²) < 4.78 is 21.7. The molecule has 4 N–H and O–H groups in total. The number of carboxylic acid groups (broad SMARTS) is 1. The van der Waals surface area contributed by atoms with Crippen molar-refractivity contribution in [1.29, 1.82) is 0 Å². The average Bonchev–Trinajstić information content (AvgIpc) is 2.20. The molecule has 0 saturated carbocycles. The lowest BCUT2D eigenvalue weighted by Crippen LogP contribution is -2.48. The molecule has 2 unspecified atom stereocenters. The summed E-state index contributed by atoms with van der Waals surface area (Å²) in [7, 11) is -3.18. The van der Waals surface area contributed by atoms with Crippen LogP contribution in [0.2, 0.25) is 0 Å². The molecule has 100 valence electrons. The average molecular weight is 266 g/mol. The summed E-state index contributed by atoms with van der Waals surface area (Å²) in [6, 6.07) is -2.01. The molecule has 0 aromatic carbocycles. The lowest BCUT2D eigenvalue weighted by Gasteiger charge is -2.16. The summed E-state index contributed by atoms with van der Waals surface area (Å²) in [5.74, 6) is -2.00. The highest BCUT2D eigenvalue weighted by molar-refractivity contribution is 7.90. The molecule has 0 aromatic rings. The molecule has 1 amide bonds. The third kappa shape index (κ3) is 6.90. The van der Waals surface area contributed by atoms with E-state index in [0.29, 0.717) is 0 Å². The molecule has 17 heavy (non-hydrogen) atoms. The van der Waals surface area contributed by atoms with Gasteiger partial charge in [-0.15, -0.1) is 0 Å². The van der Waals surface area contributed by atoms with E-state index in [-0.39, 0.29) is 18.6 Å². The van der Waals surface area contributed by atoms with Crippen LogP contribution < -0.4 is 11.1 Å². The Bertz CT molecular complexity index is 379. The van der Waals surface area contributed by atoms with Gasteiger partial charge >= 0.3 is 5.97 Å². The molecule has 8 heteroatoms. The number of hydrogen-bond acceptors (Lipinski definition) is 5. The molecule has 2 atom stereocenters. The summed E-state index contributed by atoms with van der Waals surface area (Å²) in [5, 5.41) is 11.0. The van der Waals surface area contributed by atoms with Crippen molar-refractivity contribution in [2.45, 2.75) is 31.8 Å². The number of rotatable bonds is 7. The summed E-state index contributed by atoms with van der Waals surface area (Å²) in [6.07, 6.45) is 1.25. The van der Waals surface area contributed by atoms with Crippen molar-refractivity contribution in [3.8, 4) is 0 Å². The SMILES string of the molecule is CCC(NC(=O)C(N)CCS(C)(=O)=O)C(=O)O. The minimum Gasteiger partial charge on any atom is -0.480 e. The van der Waals surface area contributed by atoms with Gasteiger partial charge in [0, 0.05) is 6.26 Å². The van der Waals surface area contributed by atoms with Gasteiger partial charge in [0.25, 0.3) is 0 Å². The van der Waals surface area contributed by atoms with Gasteiger partial charge in [-0.1, -0.05) is 6.92 Å². The van der Waals surface area contributed by atoms with Crippen LogP contribution in [0.15, 0.2) is 0 Å². The maximum absolute atomic E-state index is 11.4. The second-order valence-electron chi connectivity index (χ2n) is 3.83. The van der Waals surface area contributed by atoms with Gasteiger partial charge in [-0.2, -0.15) is 0 Å². The molecule has 0 saturated heterocycles. The third-order valence-corrected chi connectivity index (χ3v) is 3.14. The van der Waals surface area contributed by atoms with Gasteiger partial charge in [0.2, 0.25) is 5.91 Å². The molecule has 0 radical (unpaired) electrons. The van der Waals surface area contributed by atoms with Crippen molar-refractivity contribution in [3.63, 3.8) is 0 Å². The molecule has 0 heterocycles. The maximum Gasteiger partial charge on any atom is 0.326 e. The molecule has 0 rings (SSSR count). The number of nitrogens with two attached hydrogens (primary N) is 1. The van der Waals surface area contributed by atoms with Crippen molar-refractivity contribution in [2.24, 2.45) is 5.73 Å². The Kier molecular flexibility index (Phi) is 6.11. The molecule has 0 fully saturated rings. The van der Waals surface area contributed by atoms with Gasteiger partial charge in [0.1, 0.15) is 15.9 Å². The zero-order chi connectivity index (χ0) is 13.6. The zero-order valence-electron chi connectivity index (χ0n) is 9.84. The fourth-order valence-corrected chi connectivity index (χ4v) is 1.77. The topological polar surface area (TPSA) is 127 Å². The highest BCUT2D eigenvalue weighted by Gasteiger charge is 2.22. The van der Waals surface area contributed by atoms with Gasteiger partial charge in [-0.25, -0.2) is 13.2 Å². The Hall–Kier alpha value is -1.15. The van der Waals surface area contributed by atoms with Crippen LogP contribution >= 0.6 is 0 Å². The first-order chi connectivity index (χ1) is 7.67. The van der Waals surface area contributed by atoms with E-state index < -0.39 is 33.8 Å². The number of carboxylic acids is 1. The predicted octanol–water partition coefficient (Wildman–Crippen LogP) is -1.27. The molecule has 0 aliphatic rings. The van der Waals surface area contributed by atoms with Crippen molar-refractivity contribution in [2.75, 3.05) is 12.0 Å². The lowest BCUT2D eigenvalue weighted by atomic mass is 10.2. The van der Waals surface area contributed by atoms with E-state index in [9.17, 15) is 18.0 Å². The second-order valence-corrected chi connectivity index (χ2v) is 6.09. The first kappa shape index (κ1) is 15.9. The van der Waals surface area contributed by atoms with Crippen molar-refractivity contribution in [1.82, 2.24) is 5.32 Å².